The molecule has 0 bridgehead atoms. The second kappa shape index (κ2) is 7.13. The quantitative estimate of drug-likeness (QED) is 0.870. The number of hydrogen-bond acceptors (Lipinski definition) is 1. The monoisotopic (exact) mass is 305 g/mol. The highest BCUT2D eigenvalue weighted by Gasteiger charge is 2.22. The third-order valence-corrected chi connectivity index (χ3v) is 3.67. The summed E-state index contributed by atoms with van der Waals surface area (Å²) in [7, 11) is 1.83. The summed E-state index contributed by atoms with van der Waals surface area (Å²) in [5, 5.41) is 2.73. The van der Waals surface area contributed by atoms with Crippen LogP contribution in [0.2, 0.25) is 0 Å². The minimum atomic E-state index is -0.371. The molecule has 0 saturated heterocycles. The van der Waals surface area contributed by atoms with Crippen LogP contribution in [0.3, 0.4) is 0 Å². The van der Waals surface area contributed by atoms with Crippen molar-refractivity contribution in [2.24, 2.45) is 0 Å². The number of halogens is 2. The minimum Gasteiger partial charge on any atom is -0.324 e. The van der Waals surface area contributed by atoms with E-state index in [0.29, 0.717) is 17.8 Å². The molecular formula is C17H19F2N2O+. The van der Waals surface area contributed by atoms with E-state index in [1.807, 2.05) is 7.05 Å². The molecule has 2 rings (SSSR count). The van der Waals surface area contributed by atoms with Gasteiger partial charge in [0.2, 0.25) is 0 Å². The Balaban J connectivity index is 1.97. The molecule has 0 saturated carbocycles. The third kappa shape index (κ3) is 4.11. The van der Waals surface area contributed by atoms with Crippen molar-refractivity contribution in [2.75, 3.05) is 12.4 Å². The van der Waals surface area contributed by atoms with Crippen molar-refractivity contribution in [1.82, 2.24) is 0 Å². The number of benzene rings is 2. The summed E-state index contributed by atoms with van der Waals surface area (Å²) >= 11 is 0. The van der Waals surface area contributed by atoms with Crippen LogP contribution in [-0.2, 0) is 11.3 Å². The second-order valence-corrected chi connectivity index (χ2v) is 5.33. The molecule has 2 atom stereocenters. The minimum absolute atomic E-state index is 0.194. The Morgan fingerprint density at radius 3 is 2.41 bits per heavy atom. The smallest absolute Gasteiger partial charge is 0.282 e. The van der Waals surface area contributed by atoms with Gasteiger partial charge in [-0.3, -0.25) is 4.79 Å². The molecule has 2 N–H and O–H groups in total. The first-order chi connectivity index (χ1) is 10.5. The summed E-state index contributed by atoms with van der Waals surface area (Å²) in [5.74, 6) is -0.818. The first-order valence-electron chi connectivity index (χ1n) is 7.09. The SMILES string of the molecule is C[C@H](C(=O)Nc1ccc(F)cc1)[NH+](C)Cc1ccccc1F. The van der Waals surface area contributed by atoms with Crippen LogP contribution in [-0.4, -0.2) is 19.0 Å². The lowest BCUT2D eigenvalue weighted by atomic mass is 10.1. The molecular weight excluding hydrogens is 286 g/mol. The van der Waals surface area contributed by atoms with Gasteiger partial charge in [0.1, 0.15) is 18.2 Å². The van der Waals surface area contributed by atoms with E-state index in [4.69, 9.17) is 0 Å². The van der Waals surface area contributed by atoms with Crippen LogP contribution < -0.4 is 10.2 Å². The molecule has 0 fully saturated rings. The number of quaternary nitrogens is 1. The van der Waals surface area contributed by atoms with Gasteiger partial charge in [-0.15, -0.1) is 0 Å². The van der Waals surface area contributed by atoms with E-state index >= 15 is 0 Å². The molecule has 0 aromatic heterocycles. The number of anilines is 1. The molecule has 3 nitrogen and oxygen atoms in total. The van der Waals surface area contributed by atoms with Crippen molar-refractivity contribution < 1.29 is 18.5 Å². The number of carbonyl (C=O) groups is 1. The van der Waals surface area contributed by atoms with Crippen LogP contribution in [0.15, 0.2) is 48.5 Å². The zero-order valence-electron chi connectivity index (χ0n) is 12.6. The lowest BCUT2D eigenvalue weighted by Gasteiger charge is -2.21. The van der Waals surface area contributed by atoms with Gasteiger partial charge in [-0.2, -0.15) is 0 Å². The number of likely N-dealkylation sites (N-methyl/N-ethyl adjacent to an activating group) is 1. The number of amides is 1. The second-order valence-electron chi connectivity index (χ2n) is 5.33. The molecule has 0 aliphatic heterocycles. The molecule has 0 radical (unpaired) electrons. The maximum Gasteiger partial charge on any atom is 0.282 e. The molecule has 0 aliphatic rings. The summed E-state index contributed by atoms with van der Waals surface area (Å²) < 4.78 is 26.5. The highest BCUT2D eigenvalue weighted by Crippen LogP contribution is 2.08. The van der Waals surface area contributed by atoms with Gasteiger partial charge in [-0.05, 0) is 37.3 Å². The van der Waals surface area contributed by atoms with E-state index in [1.54, 1.807) is 25.1 Å². The average Bonchev–Trinajstić information content (AvgIpc) is 2.51. The Morgan fingerprint density at radius 2 is 1.77 bits per heavy atom. The first kappa shape index (κ1) is 16.1. The zero-order valence-corrected chi connectivity index (χ0v) is 12.6. The number of nitrogens with one attached hydrogen (secondary N) is 2. The Hall–Kier alpha value is -2.27. The highest BCUT2D eigenvalue weighted by molar-refractivity contribution is 5.93. The Bertz CT molecular complexity index is 643. The Labute approximate surface area is 128 Å². The van der Waals surface area contributed by atoms with Crippen LogP contribution in [0.4, 0.5) is 14.5 Å². The van der Waals surface area contributed by atoms with Gasteiger partial charge in [0.15, 0.2) is 6.04 Å². The van der Waals surface area contributed by atoms with Gasteiger partial charge in [-0.25, -0.2) is 8.78 Å². The average molecular weight is 305 g/mol. The predicted octanol–water partition coefficient (Wildman–Crippen LogP) is 2.01. The van der Waals surface area contributed by atoms with E-state index in [-0.39, 0.29) is 23.6 Å². The molecule has 0 heterocycles. The molecule has 0 spiro atoms. The van der Waals surface area contributed by atoms with Gasteiger partial charge in [0.05, 0.1) is 7.05 Å². The van der Waals surface area contributed by atoms with Crippen LogP contribution in [0.1, 0.15) is 12.5 Å². The Morgan fingerprint density at radius 1 is 1.14 bits per heavy atom. The van der Waals surface area contributed by atoms with Crippen LogP contribution in [0.5, 0.6) is 0 Å². The van der Waals surface area contributed by atoms with Crippen molar-refractivity contribution >= 4 is 11.6 Å². The number of hydrogen-bond donors (Lipinski definition) is 2. The molecule has 5 heteroatoms. The van der Waals surface area contributed by atoms with E-state index in [0.717, 1.165) is 4.90 Å². The molecule has 1 unspecified atom stereocenters. The molecule has 0 aliphatic carbocycles. The fourth-order valence-corrected chi connectivity index (χ4v) is 2.10. The van der Waals surface area contributed by atoms with E-state index < -0.39 is 0 Å². The number of rotatable bonds is 5. The van der Waals surface area contributed by atoms with Crippen molar-refractivity contribution in [3.8, 4) is 0 Å². The topological polar surface area (TPSA) is 33.5 Å². The fraction of sp³-hybridized carbons (Fsp3) is 0.235. The normalized spacial score (nSPS) is 13.5. The lowest BCUT2D eigenvalue weighted by Crippen LogP contribution is -3.12. The van der Waals surface area contributed by atoms with Gasteiger partial charge in [-0.1, -0.05) is 18.2 Å². The molecule has 2 aromatic rings. The summed E-state index contributed by atoms with van der Waals surface area (Å²) in [4.78, 5) is 13.1. The van der Waals surface area contributed by atoms with Crippen molar-refractivity contribution in [1.29, 1.82) is 0 Å². The molecule has 2 aromatic carbocycles. The zero-order chi connectivity index (χ0) is 16.1. The summed E-state index contributed by atoms with van der Waals surface area (Å²) in [5.41, 5.74) is 1.11. The van der Waals surface area contributed by atoms with Crippen molar-refractivity contribution in [3.63, 3.8) is 0 Å². The van der Waals surface area contributed by atoms with Crippen LogP contribution in [0, 0.1) is 11.6 Å². The molecule has 22 heavy (non-hydrogen) atoms. The van der Waals surface area contributed by atoms with E-state index in [1.165, 1.54) is 30.3 Å². The van der Waals surface area contributed by atoms with E-state index in [9.17, 15) is 13.6 Å². The maximum absolute atomic E-state index is 13.6. The van der Waals surface area contributed by atoms with Crippen LogP contribution >= 0.6 is 0 Å². The van der Waals surface area contributed by atoms with E-state index in [2.05, 4.69) is 5.32 Å². The summed E-state index contributed by atoms with van der Waals surface area (Å²) in [6.45, 7) is 2.18. The van der Waals surface area contributed by atoms with Gasteiger partial charge < -0.3 is 10.2 Å². The fourth-order valence-electron chi connectivity index (χ4n) is 2.10. The standard InChI is InChI=1S/C17H18F2N2O/c1-12(17(22)20-15-9-7-14(18)8-10-15)21(2)11-13-5-3-4-6-16(13)19/h3-10,12H,11H2,1-2H3,(H,20,22)/p+1/t12-/m1/s1. The molecule has 116 valence electrons. The van der Waals surface area contributed by atoms with Crippen molar-refractivity contribution in [2.45, 2.75) is 19.5 Å². The maximum atomic E-state index is 13.6. The van der Waals surface area contributed by atoms with Crippen molar-refractivity contribution in [3.05, 3.63) is 65.7 Å². The van der Waals surface area contributed by atoms with Crippen LogP contribution in [0.25, 0.3) is 0 Å². The lowest BCUT2D eigenvalue weighted by molar-refractivity contribution is -0.908. The summed E-state index contributed by atoms with van der Waals surface area (Å²) in [6.07, 6.45) is 0. The van der Waals surface area contributed by atoms with Gasteiger partial charge >= 0.3 is 0 Å². The highest BCUT2D eigenvalue weighted by atomic mass is 19.1. The number of carbonyl (C=O) groups excluding carboxylic acids is 1. The van der Waals surface area contributed by atoms with Gasteiger partial charge in [0, 0.05) is 11.3 Å². The predicted molar refractivity (Wildman–Crippen MR) is 81.5 cm³/mol. The Kier molecular flexibility index (Phi) is 5.22. The largest absolute Gasteiger partial charge is 0.324 e. The molecule has 1 amide bonds. The first-order valence-corrected chi connectivity index (χ1v) is 7.09. The summed E-state index contributed by atoms with van der Waals surface area (Å²) in [6, 6.07) is 11.7. The van der Waals surface area contributed by atoms with Gasteiger partial charge in [0.25, 0.3) is 5.91 Å². The third-order valence-electron chi connectivity index (χ3n) is 3.67.